The van der Waals surface area contributed by atoms with E-state index in [1.165, 1.54) is 5.56 Å². The molecule has 0 unspecified atom stereocenters. The second-order valence-corrected chi connectivity index (χ2v) is 6.26. The van der Waals surface area contributed by atoms with E-state index in [0.29, 0.717) is 5.92 Å². The van der Waals surface area contributed by atoms with E-state index >= 15 is 0 Å². The van der Waals surface area contributed by atoms with Gasteiger partial charge >= 0.3 is 0 Å². The topological polar surface area (TPSA) is 32.3 Å². The van der Waals surface area contributed by atoms with Gasteiger partial charge in [0, 0.05) is 18.7 Å². The lowest BCUT2D eigenvalue weighted by molar-refractivity contribution is -0.127. The highest BCUT2D eigenvalue weighted by Crippen LogP contribution is 2.25. The quantitative estimate of drug-likeness (QED) is 0.870. The van der Waals surface area contributed by atoms with Gasteiger partial charge in [0.2, 0.25) is 0 Å². The molecule has 0 spiro atoms. The van der Waals surface area contributed by atoms with Crippen molar-refractivity contribution in [2.24, 2.45) is 5.92 Å². The minimum absolute atomic E-state index is 0.0384. The summed E-state index contributed by atoms with van der Waals surface area (Å²) in [6.07, 6.45) is 1.08. The second-order valence-electron chi connectivity index (χ2n) is 6.26. The van der Waals surface area contributed by atoms with Gasteiger partial charge in [-0.2, -0.15) is 0 Å². The van der Waals surface area contributed by atoms with Crippen LogP contribution >= 0.6 is 0 Å². The largest absolute Gasteiger partial charge is 0.319 e. The Labute approximate surface area is 128 Å². The first-order chi connectivity index (χ1) is 10.0. The summed E-state index contributed by atoms with van der Waals surface area (Å²) in [6, 6.07) is 10.3. The van der Waals surface area contributed by atoms with Gasteiger partial charge in [0.05, 0.1) is 0 Å². The predicted molar refractivity (Wildman–Crippen MR) is 86.6 cm³/mol. The number of rotatable bonds is 6. The lowest BCUT2D eigenvalue weighted by Gasteiger charge is -2.28. The molecule has 1 aromatic rings. The Morgan fingerprint density at radius 2 is 1.86 bits per heavy atom. The number of amides is 1. The van der Waals surface area contributed by atoms with Gasteiger partial charge in [0.25, 0.3) is 5.91 Å². The van der Waals surface area contributed by atoms with Crippen LogP contribution < -0.4 is 5.32 Å². The average Bonchev–Trinajstić information content (AvgIpc) is 2.68. The van der Waals surface area contributed by atoms with Gasteiger partial charge in [0.1, 0.15) is 6.17 Å². The highest BCUT2D eigenvalue weighted by atomic mass is 16.2. The Balaban J connectivity index is 2.04. The summed E-state index contributed by atoms with van der Waals surface area (Å²) in [4.78, 5) is 14.4. The number of carbonyl (C=O) groups is 1. The molecule has 1 N–H and O–H groups in total. The Bertz CT molecular complexity index is 519. The molecule has 0 fully saturated rings. The molecule has 1 heterocycles. The zero-order chi connectivity index (χ0) is 15.4. The summed E-state index contributed by atoms with van der Waals surface area (Å²) in [5, 5.41) is 3.53. The summed E-state index contributed by atoms with van der Waals surface area (Å²) in [7, 11) is 0. The van der Waals surface area contributed by atoms with Gasteiger partial charge < -0.3 is 4.90 Å². The predicted octanol–water partition coefficient (Wildman–Crippen LogP) is 3.33. The van der Waals surface area contributed by atoms with Crippen LogP contribution in [0.2, 0.25) is 0 Å². The van der Waals surface area contributed by atoms with Crippen LogP contribution in [0.5, 0.6) is 0 Å². The zero-order valence-corrected chi connectivity index (χ0v) is 13.5. The monoisotopic (exact) mass is 286 g/mol. The van der Waals surface area contributed by atoms with Crippen molar-refractivity contribution in [2.75, 3.05) is 6.54 Å². The van der Waals surface area contributed by atoms with Crippen LogP contribution in [0.4, 0.5) is 0 Å². The highest BCUT2D eigenvalue weighted by molar-refractivity contribution is 5.96. The normalized spacial score (nSPS) is 19.0. The van der Waals surface area contributed by atoms with Crippen molar-refractivity contribution in [3.63, 3.8) is 0 Å². The van der Waals surface area contributed by atoms with Crippen LogP contribution in [0, 0.1) is 5.92 Å². The third-order valence-corrected chi connectivity index (χ3v) is 4.18. The van der Waals surface area contributed by atoms with Gasteiger partial charge in [0.15, 0.2) is 0 Å². The Kier molecular flexibility index (Phi) is 5.18. The number of hydrogen-bond acceptors (Lipinski definition) is 2. The molecule has 0 aromatic heterocycles. The van der Waals surface area contributed by atoms with Crippen molar-refractivity contribution in [1.82, 2.24) is 10.2 Å². The van der Waals surface area contributed by atoms with Gasteiger partial charge in [-0.25, -0.2) is 0 Å². The molecule has 1 aromatic carbocycles. The number of benzene rings is 1. The van der Waals surface area contributed by atoms with E-state index in [2.05, 4.69) is 38.2 Å². The first kappa shape index (κ1) is 15.8. The summed E-state index contributed by atoms with van der Waals surface area (Å²) in [5.41, 5.74) is 3.29. The molecular weight excluding hydrogens is 260 g/mol. The minimum atomic E-state index is 0.0384. The Morgan fingerprint density at radius 1 is 1.19 bits per heavy atom. The fourth-order valence-corrected chi connectivity index (χ4v) is 2.64. The van der Waals surface area contributed by atoms with Crippen LogP contribution in [0.15, 0.2) is 41.5 Å². The number of nitrogens with zero attached hydrogens (tertiary/aromatic N) is 1. The maximum Gasteiger partial charge on any atom is 0.251 e. The summed E-state index contributed by atoms with van der Waals surface area (Å²) in [6.45, 7) is 9.98. The summed E-state index contributed by atoms with van der Waals surface area (Å²) in [5.74, 6) is 0.785. The SMILES string of the molecule is CC1=C(C)[C@H](NCc2ccccc2)N(CCC(C)C)C1=O. The maximum atomic E-state index is 12.4. The lowest BCUT2D eigenvalue weighted by atomic mass is 10.1. The average molecular weight is 286 g/mol. The van der Waals surface area contributed by atoms with Crippen molar-refractivity contribution in [1.29, 1.82) is 0 Å². The maximum absolute atomic E-state index is 12.4. The molecule has 1 aliphatic heterocycles. The molecule has 3 heteroatoms. The number of carbonyl (C=O) groups excluding carboxylic acids is 1. The molecule has 21 heavy (non-hydrogen) atoms. The lowest BCUT2D eigenvalue weighted by Crippen LogP contribution is -2.45. The van der Waals surface area contributed by atoms with Crippen LogP contribution in [-0.2, 0) is 11.3 Å². The van der Waals surface area contributed by atoms with E-state index in [1.54, 1.807) is 0 Å². The van der Waals surface area contributed by atoms with E-state index < -0.39 is 0 Å². The van der Waals surface area contributed by atoms with E-state index in [0.717, 1.165) is 30.7 Å². The van der Waals surface area contributed by atoms with E-state index in [4.69, 9.17) is 0 Å². The van der Waals surface area contributed by atoms with Crippen molar-refractivity contribution in [2.45, 2.75) is 46.8 Å². The molecule has 0 saturated carbocycles. The van der Waals surface area contributed by atoms with Gasteiger partial charge in [-0.15, -0.1) is 0 Å². The van der Waals surface area contributed by atoms with E-state index in [-0.39, 0.29) is 12.1 Å². The van der Waals surface area contributed by atoms with Crippen LogP contribution in [0.3, 0.4) is 0 Å². The van der Waals surface area contributed by atoms with Crippen molar-refractivity contribution < 1.29 is 4.79 Å². The van der Waals surface area contributed by atoms with Gasteiger partial charge in [-0.05, 0) is 37.3 Å². The smallest absolute Gasteiger partial charge is 0.251 e. The zero-order valence-electron chi connectivity index (χ0n) is 13.5. The van der Waals surface area contributed by atoms with Gasteiger partial charge in [-0.3, -0.25) is 10.1 Å². The fourth-order valence-electron chi connectivity index (χ4n) is 2.64. The molecule has 1 atom stereocenters. The van der Waals surface area contributed by atoms with E-state index in [9.17, 15) is 4.79 Å². The summed E-state index contributed by atoms with van der Waals surface area (Å²) >= 11 is 0. The third kappa shape index (κ3) is 3.73. The van der Waals surface area contributed by atoms with E-state index in [1.807, 2.05) is 30.0 Å². The standard InChI is InChI=1S/C18H26N2O/c1-13(2)10-11-20-17(14(3)15(4)18(20)21)19-12-16-8-6-5-7-9-16/h5-9,13,17,19H,10-12H2,1-4H3/t17-/m1/s1. The molecule has 2 rings (SSSR count). The molecule has 1 aliphatic rings. The third-order valence-electron chi connectivity index (χ3n) is 4.18. The summed E-state index contributed by atoms with van der Waals surface area (Å²) < 4.78 is 0. The first-order valence-corrected chi connectivity index (χ1v) is 7.76. The molecule has 3 nitrogen and oxygen atoms in total. The number of nitrogens with one attached hydrogen (secondary N) is 1. The van der Waals surface area contributed by atoms with Crippen LogP contribution in [0.25, 0.3) is 0 Å². The second kappa shape index (κ2) is 6.90. The molecule has 1 amide bonds. The Hall–Kier alpha value is -1.61. The minimum Gasteiger partial charge on any atom is -0.319 e. The number of hydrogen-bond donors (Lipinski definition) is 1. The van der Waals surface area contributed by atoms with Crippen LogP contribution in [0.1, 0.15) is 39.7 Å². The van der Waals surface area contributed by atoms with Crippen molar-refractivity contribution >= 4 is 5.91 Å². The van der Waals surface area contributed by atoms with Crippen molar-refractivity contribution in [3.8, 4) is 0 Å². The fraction of sp³-hybridized carbons (Fsp3) is 0.500. The van der Waals surface area contributed by atoms with Crippen LogP contribution in [-0.4, -0.2) is 23.5 Å². The molecule has 0 saturated heterocycles. The molecule has 0 bridgehead atoms. The Morgan fingerprint density at radius 3 is 2.48 bits per heavy atom. The molecule has 0 aliphatic carbocycles. The molecular formula is C18H26N2O. The van der Waals surface area contributed by atoms with Gasteiger partial charge in [-0.1, -0.05) is 44.2 Å². The first-order valence-electron chi connectivity index (χ1n) is 7.76. The molecule has 0 radical (unpaired) electrons. The molecule has 114 valence electrons. The highest BCUT2D eigenvalue weighted by Gasteiger charge is 2.33. The van der Waals surface area contributed by atoms with Crippen molar-refractivity contribution in [3.05, 3.63) is 47.0 Å².